The molecule has 0 fully saturated rings. The number of nitrogens with zero attached hydrogens (tertiary/aromatic N) is 1. The number of hydrogen-bond acceptors (Lipinski definition) is 7. The number of alkyl halides is 3. The first kappa shape index (κ1) is 33.1. The molecule has 0 amide bonds. The van der Waals surface area contributed by atoms with Crippen LogP contribution in [-0.4, -0.2) is 13.9 Å². The lowest BCUT2D eigenvalue weighted by molar-refractivity contribution is -0.0500. The summed E-state index contributed by atoms with van der Waals surface area (Å²) < 4.78 is 77.3. The molecule has 0 aliphatic heterocycles. The van der Waals surface area contributed by atoms with Gasteiger partial charge in [0.25, 0.3) is 0 Å². The summed E-state index contributed by atoms with van der Waals surface area (Å²) in [5.41, 5.74) is -1.72. The molecule has 0 bridgehead atoms. The number of para-hydroxylation sites is 1. The van der Waals surface area contributed by atoms with E-state index < -0.39 is 21.4 Å². The fourth-order valence-corrected chi connectivity index (χ4v) is 11.0. The lowest BCUT2D eigenvalue weighted by Crippen LogP contribution is -2.28. The summed E-state index contributed by atoms with van der Waals surface area (Å²) in [6.45, 7) is 0. The van der Waals surface area contributed by atoms with Crippen LogP contribution < -0.4 is 9.08 Å². The predicted molar refractivity (Wildman–Crippen MR) is 221 cm³/mol. The van der Waals surface area contributed by atoms with Crippen molar-refractivity contribution in [2.45, 2.75) is 5.51 Å². The van der Waals surface area contributed by atoms with Gasteiger partial charge in [-0.05, 0) is 77.9 Å². The number of thiophene rings is 3. The zero-order valence-corrected chi connectivity index (χ0v) is 31.1. The predicted octanol–water partition coefficient (Wildman–Crippen LogP) is 14.2. The fourth-order valence-electron chi connectivity index (χ4n) is 7.17. The second-order valence-corrected chi connectivity index (χ2v) is 17.6. The summed E-state index contributed by atoms with van der Waals surface area (Å²) in [5, 5.41) is 5.90. The van der Waals surface area contributed by atoms with Crippen LogP contribution in [0.4, 0.5) is 30.2 Å². The number of anilines is 3. The van der Waals surface area contributed by atoms with Crippen molar-refractivity contribution in [2.75, 3.05) is 4.90 Å². The molecule has 0 atom stereocenters. The van der Waals surface area contributed by atoms with Gasteiger partial charge in [0.15, 0.2) is 0 Å². The Kier molecular flexibility index (Phi) is 7.54. The van der Waals surface area contributed by atoms with E-state index in [0.29, 0.717) is 11.1 Å². The van der Waals surface area contributed by atoms with E-state index in [4.69, 9.17) is 4.18 Å². The second-order valence-electron chi connectivity index (χ2n) is 12.9. The van der Waals surface area contributed by atoms with E-state index in [2.05, 4.69) is 54.6 Å². The number of benzene rings is 7. The molecule has 3 aromatic heterocycles. The van der Waals surface area contributed by atoms with Crippen molar-refractivity contribution in [1.29, 1.82) is 0 Å². The highest BCUT2D eigenvalue weighted by Gasteiger charge is 2.48. The van der Waals surface area contributed by atoms with Crippen LogP contribution in [0, 0.1) is 0 Å². The second kappa shape index (κ2) is 12.3. The van der Waals surface area contributed by atoms with Crippen LogP contribution in [-0.2, 0) is 10.1 Å². The summed E-state index contributed by atoms with van der Waals surface area (Å²) >= 11 is 4.88. The molecule has 0 spiro atoms. The summed E-state index contributed by atoms with van der Waals surface area (Å²) in [5.74, 6) is -0.435. The molecular formula is C43H24F3NO3S4. The molecule has 10 aromatic rings. The highest BCUT2D eigenvalue weighted by atomic mass is 32.2. The molecule has 4 nitrogen and oxygen atoms in total. The van der Waals surface area contributed by atoms with Gasteiger partial charge in [-0.25, -0.2) is 0 Å². The maximum absolute atomic E-state index is 13.8. The third-order valence-electron chi connectivity index (χ3n) is 9.60. The number of fused-ring (bicyclic) bond motifs is 9. The smallest absolute Gasteiger partial charge is 0.376 e. The topological polar surface area (TPSA) is 46.6 Å². The maximum atomic E-state index is 13.8. The van der Waals surface area contributed by atoms with E-state index in [-0.39, 0.29) is 0 Å². The minimum atomic E-state index is -5.97. The summed E-state index contributed by atoms with van der Waals surface area (Å²) in [4.78, 5) is 1.95. The van der Waals surface area contributed by atoms with Gasteiger partial charge in [-0.3, -0.25) is 0 Å². The Labute approximate surface area is 318 Å². The van der Waals surface area contributed by atoms with Gasteiger partial charge in [-0.15, -0.1) is 34.0 Å². The quantitative estimate of drug-likeness (QED) is 0.124. The van der Waals surface area contributed by atoms with E-state index in [1.807, 2.05) is 83.8 Å². The van der Waals surface area contributed by atoms with Crippen molar-refractivity contribution in [3.05, 3.63) is 146 Å². The number of halogens is 3. The van der Waals surface area contributed by atoms with Crippen LogP contribution in [0.15, 0.2) is 146 Å². The fraction of sp³-hybridized carbons (Fsp3) is 0.0233. The van der Waals surface area contributed by atoms with E-state index in [9.17, 15) is 21.6 Å². The van der Waals surface area contributed by atoms with E-state index in [1.54, 1.807) is 22.7 Å². The molecule has 0 N–H and O–H groups in total. The Morgan fingerprint density at radius 1 is 0.481 bits per heavy atom. The van der Waals surface area contributed by atoms with Crippen molar-refractivity contribution in [2.24, 2.45) is 0 Å². The van der Waals surface area contributed by atoms with Crippen molar-refractivity contribution in [3.8, 4) is 16.9 Å². The molecule has 0 unspecified atom stereocenters. The zero-order valence-electron chi connectivity index (χ0n) is 27.8. The molecule has 3 heterocycles. The molecule has 10 rings (SSSR count). The van der Waals surface area contributed by atoms with Crippen LogP contribution >= 0.6 is 34.0 Å². The molecule has 0 saturated carbocycles. The van der Waals surface area contributed by atoms with Gasteiger partial charge in [0.1, 0.15) is 5.75 Å². The van der Waals surface area contributed by atoms with Crippen molar-refractivity contribution < 1.29 is 25.8 Å². The van der Waals surface area contributed by atoms with Gasteiger partial charge in [-0.2, -0.15) is 21.6 Å². The van der Waals surface area contributed by atoms with E-state index >= 15 is 0 Å². The van der Waals surface area contributed by atoms with Gasteiger partial charge in [-0.1, -0.05) is 72.8 Å². The maximum Gasteiger partial charge on any atom is 0.534 e. The highest BCUT2D eigenvalue weighted by Crippen LogP contribution is 2.49. The molecule has 0 saturated heterocycles. The van der Waals surface area contributed by atoms with E-state index in [1.165, 1.54) is 38.3 Å². The normalized spacial score (nSPS) is 12.5. The molecule has 11 heteroatoms. The van der Waals surface area contributed by atoms with Crippen LogP contribution in [0.1, 0.15) is 0 Å². The van der Waals surface area contributed by atoms with Crippen LogP contribution in [0.2, 0.25) is 0 Å². The average molecular weight is 788 g/mol. The summed E-state index contributed by atoms with van der Waals surface area (Å²) in [6, 6.07) is 47.3. The standard InChI is InChI=1S/C43H24F3NO3S4/c44-43(45,46)54(48,49)50-29-23-35-34-21-26(25-14-18-39-33(20-25)31-11-5-7-13-38(31)51-39)15-19-40(34)53-42(35)36(24-29)47(27-8-2-1-3-9-27)28-16-17-32-30-10-4-6-12-37(30)52-41(32)22-28/h1-24H. The molecule has 0 aliphatic rings. The molecular weight excluding hydrogens is 764 g/mol. The van der Waals surface area contributed by atoms with Gasteiger partial charge >= 0.3 is 15.6 Å². The van der Waals surface area contributed by atoms with Crippen molar-refractivity contribution in [1.82, 2.24) is 0 Å². The third kappa shape index (κ3) is 5.41. The van der Waals surface area contributed by atoms with Crippen molar-refractivity contribution >= 4 is 122 Å². The molecule has 7 aromatic carbocycles. The number of hydrogen-bond donors (Lipinski definition) is 0. The Morgan fingerprint density at radius 2 is 1.04 bits per heavy atom. The lowest BCUT2D eigenvalue weighted by atomic mass is 10.0. The average Bonchev–Trinajstić information content (AvgIpc) is 3.85. The Morgan fingerprint density at radius 3 is 1.72 bits per heavy atom. The molecule has 0 radical (unpaired) electrons. The van der Waals surface area contributed by atoms with Gasteiger partial charge in [0.2, 0.25) is 0 Å². The zero-order chi connectivity index (χ0) is 36.8. The SMILES string of the molecule is O=S(=O)(Oc1cc(N(c2ccccc2)c2ccc3c(c2)sc2ccccc23)c2sc3ccc(-c4ccc5sc6ccccc6c5c4)cc3c2c1)C(F)(F)F. The minimum absolute atomic E-state index is 0.435. The molecule has 54 heavy (non-hydrogen) atoms. The largest absolute Gasteiger partial charge is 0.534 e. The summed E-state index contributed by atoms with van der Waals surface area (Å²) in [6.07, 6.45) is 0. The first-order chi connectivity index (χ1) is 26.1. The van der Waals surface area contributed by atoms with E-state index in [0.717, 1.165) is 62.8 Å². The Bertz CT molecular complexity index is 3220. The monoisotopic (exact) mass is 787 g/mol. The van der Waals surface area contributed by atoms with Gasteiger partial charge < -0.3 is 9.08 Å². The van der Waals surface area contributed by atoms with Gasteiger partial charge in [0.05, 0.1) is 10.4 Å². The van der Waals surface area contributed by atoms with Crippen LogP contribution in [0.5, 0.6) is 5.75 Å². The first-order valence-electron chi connectivity index (χ1n) is 16.8. The van der Waals surface area contributed by atoms with Crippen LogP contribution in [0.25, 0.3) is 71.6 Å². The summed E-state index contributed by atoms with van der Waals surface area (Å²) in [7, 11) is -5.97. The first-order valence-corrected chi connectivity index (χ1v) is 20.7. The highest BCUT2D eigenvalue weighted by molar-refractivity contribution is 7.88. The minimum Gasteiger partial charge on any atom is -0.376 e. The van der Waals surface area contributed by atoms with Gasteiger partial charge in [0, 0.05) is 73.3 Å². The Hall–Kier alpha value is -5.46. The Balaban J connectivity index is 1.21. The third-order valence-corrected chi connectivity index (χ3v) is 14.1. The molecule has 264 valence electrons. The van der Waals surface area contributed by atoms with Crippen molar-refractivity contribution in [3.63, 3.8) is 0 Å². The molecule has 0 aliphatic carbocycles. The van der Waals surface area contributed by atoms with Crippen LogP contribution in [0.3, 0.4) is 0 Å². The lowest BCUT2D eigenvalue weighted by Gasteiger charge is -2.26. The number of rotatable bonds is 6.